The molecule has 0 radical (unpaired) electrons. The van der Waals surface area contributed by atoms with Gasteiger partial charge in [0.15, 0.2) is 0 Å². The fourth-order valence-electron chi connectivity index (χ4n) is 21.1. The van der Waals surface area contributed by atoms with Gasteiger partial charge in [0, 0.05) is 53.9 Å². The van der Waals surface area contributed by atoms with Crippen molar-refractivity contribution in [3.8, 4) is 46.0 Å². The summed E-state index contributed by atoms with van der Waals surface area (Å²) in [6.45, 7) is 9.16. The Hall–Kier alpha value is -11.4. The summed E-state index contributed by atoms with van der Waals surface area (Å²) < 4.78 is 34.7. The number of nitrogens with zero attached hydrogens (tertiary/aromatic N) is 4. The Morgan fingerprint density at radius 3 is 0.738 bits per heavy atom. The summed E-state index contributed by atoms with van der Waals surface area (Å²) in [5.41, 5.74) is 8.36. The van der Waals surface area contributed by atoms with Gasteiger partial charge < -0.3 is 18.9 Å². The first-order chi connectivity index (χ1) is 64.2. The first-order valence-corrected chi connectivity index (χ1v) is 51.0. The van der Waals surface area contributed by atoms with Gasteiger partial charge in [-0.15, -0.1) is 0 Å². The van der Waals surface area contributed by atoms with Gasteiger partial charge in [-0.05, 0) is 215 Å². The summed E-state index contributed by atoms with van der Waals surface area (Å²) in [6, 6.07) is 72.6. The number of ether oxygens (including phenoxy) is 4. The van der Waals surface area contributed by atoms with Crippen molar-refractivity contribution in [3.05, 3.63) is 249 Å². The maximum Gasteiger partial charge on any atom is 0.264 e. The molecular weight excluding hydrogens is 1590 g/mol. The van der Waals surface area contributed by atoms with Crippen LogP contribution in [-0.4, -0.2) is 18.8 Å². The largest absolute Gasteiger partial charge is 0.457 e. The van der Waals surface area contributed by atoms with E-state index < -0.39 is 0 Å². The van der Waals surface area contributed by atoms with Crippen LogP contribution in [0.4, 0.5) is 0 Å². The summed E-state index contributed by atoms with van der Waals surface area (Å²) in [4.78, 5) is 44.9. The highest BCUT2D eigenvalue weighted by atomic mass is 16.5. The number of aromatic nitrogens is 4. The Morgan fingerprint density at radius 2 is 0.454 bits per heavy atom. The standard InChI is InChI=1S/C120H134N4O6/c1-5-9-13-17-21-25-29-33-37-41-49-83-57-65-93(66-58-83)127-105-79-97-109-99(119(125)123-103-77-90-56-48-47-55-89(90)75-101(103)121-117(97)123)81-107(129-95-69-61-85(62-70-95)51-43-39-35-31-27-23-19-15-11-7-3)113-112-106(128-94-67-59-84(60-68-94)50-42-38-34-30-26-22-18-14-10-6-2)80-98-110-100(120(126)124-104-78-92-74-88-54-46-45-53-87(88)73-91(92)76-102(104)122-118(98)124)82-108(114(116(110)112)111(105)115(109)113)130-96-71-63-86(64-72-96)52-44-40-36-32-28-24-20-16-12-8-4/h45-48,53-82H,5-44,49-52H2,1-4H3. The van der Waals surface area contributed by atoms with Crippen LogP contribution < -0.4 is 30.1 Å². The minimum Gasteiger partial charge on any atom is -0.457 e. The number of rotatable bonds is 52. The van der Waals surface area contributed by atoms with E-state index in [-0.39, 0.29) is 11.1 Å². The number of imidazole rings is 2. The summed E-state index contributed by atoms with van der Waals surface area (Å²) >= 11 is 0. The Balaban J connectivity index is 0.855. The lowest BCUT2D eigenvalue weighted by atomic mass is 9.84. The van der Waals surface area contributed by atoms with Crippen LogP contribution in [0.15, 0.2) is 216 Å². The molecule has 0 saturated carbocycles. The average Bonchev–Trinajstić information content (AvgIpc) is 0.866. The summed E-state index contributed by atoms with van der Waals surface area (Å²) in [7, 11) is 0. The van der Waals surface area contributed by atoms with E-state index in [1.54, 1.807) is 0 Å². The molecule has 670 valence electrons. The van der Waals surface area contributed by atoms with Crippen LogP contribution in [0.1, 0.15) is 307 Å². The van der Waals surface area contributed by atoms with Crippen molar-refractivity contribution in [2.75, 3.05) is 0 Å². The van der Waals surface area contributed by atoms with Gasteiger partial charge >= 0.3 is 0 Å². The molecule has 18 aromatic rings. The zero-order chi connectivity index (χ0) is 88.5. The zero-order valence-electron chi connectivity index (χ0n) is 78.0. The second kappa shape index (κ2) is 43.1. The van der Waals surface area contributed by atoms with Gasteiger partial charge in [0.05, 0.1) is 32.8 Å². The number of aryl methyl sites for hydroxylation is 4. The smallest absolute Gasteiger partial charge is 0.264 e. The SMILES string of the molecule is CCCCCCCCCCCCc1ccc(Oc2cc3c(=O)n4c5cc6ccccc6cc5nc4c4cc(Oc5ccc(CCCCCCCCCCCC)cc5)c5c6c(Oc7ccc(CCCCCCCCCCCC)cc7)cc7c(=O)n8c9cc%10cc%11ccccc%11cc%10cc9nc8c8cc(Oc9ccc(CCCCCCCCCCCC)cc9)c(c2c5c34)c6c78)cc1. The summed E-state index contributed by atoms with van der Waals surface area (Å²) in [5.74, 6) is 4.42. The van der Waals surface area contributed by atoms with Crippen LogP contribution in [0.25, 0.3) is 130 Å². The molecule has 0 aliphatic carbocycles. The molecule has 130 heavy (non-hydrogen) atoms. The quantitative estimate of drug-likeness (QED) is 0.0211. The Morgan fingerprint density at radius 1 is 0.223 bits per heavy atom. The number of pyridine rings is 2. The van der Waals surface area contributed by atoms with E-state index in [2.05, 4.69) is 216 Å². The molecule has 0 aliphatic heterocycles. The van der Waals surface area contributed by atoms with E-state index in [0.29, 0.717) is 133 Å². The molecule has 10 heteroatoms. The molecule has 0 amide bonds. The molecule has 10 nitrogen and oxygen atoms in total. The minimum atomic E-state index is -0.233. The maximum absolute atomic E-state index is 16.9. The monoisotopic (exact) mass is 1730 g/mol. The first-order valence-electron chi connectivity index (χ1n) is 51.0. The molecule has 0 fully saturated rings. The topological polar surface area (TPSA) is 106 Å². The number of hydrogen-bond acceptors (Lipinski definition) is 8. The highest BCUT2D eigenvalue weighted by Gasteiger charge is 2.34. The highest BCUT2D eigenvalue weighted by Crippen LogP contribution is 2.58. The van der Waals surface area contributed by atoms with Crippen LogP contribution in [0.2, 0.25) is 0 Å². The Kier molecular flexibility index (Phi) is 29.6. The lowest BCUT2D eigenvalue weighted by Crippen LogP contribution is -2.15. The highest BCUT2D eigenvalue weighted by molar-refractivity contribution is 6.45. The van der Waals surface area contributed by atoms with Gasteiger partial charge in [-0.25, -0.2) is 9.97 Å². The van der Waals surface area contributed by atoms with E-state index in [1.807, 2.05) is 27.0 Å². The first kappa shape index (κ1) is 89.2. The van der Waals surface area contributed by atoms with Crippen molar-refractivity contribution in [2.24, 2.45) is 0 Å². The predicted octanol–water partition coefficient (Wildman–Crippen LogP) is 35.7. The van der Waals surface area contributed by atoms with Gasteiger partial charge in [-0.3, -0.25) is 18.4 Å². The maximum atomic E-state index is 16.9. The molecule has 18 rings (SSSR count). The molecule has 4 heterocycles. The van der Waals surface area contributed by atoms with Gasteiger partial charge in [-0.2, -0.15) is 0 Å². The number of hydrogen-bond donors (Lipinski definition) is 0. The molecule has 0 N–H and O–H groups in total. The van der Waals surface area contributed by atoms with E-state index >= 15 is 9.59 Å². The summed E-state index contributed by atoms with van der Waals surface area (Å²) in [5, 5.41) is 14.2. The molecular formula is C120H134N4O6. The van der Waals surface area contributed by atoms with Crippen molar-refractivity contribution in [1.82, 2.24) is 18.8 Å². The second-order valence-corrected chi connectivity index (χ2v) is 38.1. The number of benzene rings is 14. The fourth-order valence-corrected chi connectivity index (χ4v) is 21.1. The van der Waals surface area contributed by atoms with Crippen LogP contribution >= 0.6 is 0 Å². The third-order valence-electron chi connectivity index (χ3n) is 28.4. The van der Waals surface area contributed by atoms with Crippen molar-refractivity contribution >= 4 is 130 Å². The molecule has 0 aliphatic rings. The van der Waals surface area contributed by atoms with E-state index in [0.717, 1.165) is 94.5 Å². The molecule has 14 aromatic carbocycles. The van der Waals surface area contributed by atoms with Gasteiger partial charge in [0.25, 0.3) is 11.1 Å². The summed E-state index contributed by atoms with van der Waals surface area (Å²) in [6.07, 6.45) is 54.9. The van der Waals surface area contributed by atoms with E-state index in [9.17, 15) is 0 Å². The van der Waals surface area contributed by atoms with Crippen LogP contribution in [0.5, 0.6) is 46.0 Å². The van der Waals surface area contributed by atoms with Gasteiger partial charge in [0.2, 0.25) is 0 Å². The van der Waals surface area contributed by atoms with Gasteiger partial charge in [-0.1, -0.05) is 356 Å². The molecule has 0 unspecified atom stereocenters. The van der Waals surface area contributed by atoms with Crippen molar-refractivity contribution < 1.29 is 18.9 Å². The predicted molar refractivity (Wildman–Crippen MR) is 551 cm³/mol. The Bertz CT molecular complexity index is 6950. The minimum absolute atomic E-state index is 0.230. The Labute approximate surface area is 768 Å². The third kappa shape index (κ3) is 20.1. The molecule has 0 saturated heterocycles. The van der Waals surface area contributed by atoms with Crippen molar-refractivity contribution in [1.29, 1.82) is 0 Å². The normalized spacial score (nSPS) is 12.2. The van der Waals surface area contributed by atoms with Gasteiger partial charge in [0.1, 0.15) is 57.3 Å². The van der Waals surface area contributed by atoms with Crippen molar-refractivity contribution in [3.63, 3.8) is 0 Å². The third-order valence-corrected chi connectivity index (χ3v) is 28.4. The second-order valence-electron chi connectivity index (χ2n) is 38.1. The average molecular weight is 1730 g/mol. The molecule has 4 aromatic heterocycles. The van der Waals surface area contributed by atoms with Crippen LogP contribution in [0, 0.1) is 0 Å². The van der Waals surface area contributed by atoms with E-state index in [4.69, 9.17) is 28.9 Å². The molecule has 0 bridgehead atoms. The zero-order valence-corrected chi connectivity index (χ0v) is 78.0. The number of unbranched alkanes of at least 4 members (excludes halogenated alkanes) is 36. The fraction of sp³-hybridized carbons (Fsp3) is 0.400. The van der Waals surface area contributed by atoms with E-state index in [1.165, 1.54) is 253 Å². The molecule has 0 atom stereocenters. The number of fused-ring (bicyclic) bond motifs is 13. The van der Waals surface area contributed by atoms with Crippen molar-refractivity contribution in [2.45, 2.75) is 310 Å². The lowest BCUT2D eigenvalue weighted by Gasteiger charge is -2.25. The lowest BCUT2D eigenvalue weighted by molar-refractivity contribution is 0.483. The van der Waals surface area contributed by atoms with Crippen LogP contribution in [-0.2, 0) is 25.7 Å². The van der Waals surface area contributed by atoms with Crippen LogP contribution in [0.3, 0.4) is 0 Å². The molecule has 0 spiro atoms.